The Balaban J connectivity index is 2.30. The van der Waals surface area contributed by atoms with Crippen molar-refractivity contribution in [2.45, 2.75) is 57.8 Å². The molecule has 6 heteroatoms. The highest BCUT2D eigenvalue weighted by Gasteiger charge is 2.42. The van der Waals surface area contributed by atoms with E-state index in [2.05, 4.69) is 17.4 Å². The fraction of sp³-hybridized carbons (Fsp3) is 0.700. The molecule has 5 nitrogen and oxygen atoms in total. The summed E-state index contributed by atoms with van der Waals surface area (Å²) in [5.41, 5.74) is 1.12. The molecule has 0 aliphatic heterocycles. The van der Waals surface area contributed by atoms with Crippen LogP contribution < -0.4 is 5.32 Å². The molecule has 0 bridgehead atoms. The molecule has 0 aromatic heterocycles. The van der Waals surface area contributed by atoms with Gasteiger partial charge in [0.2, 0.25) is 0 Å². The molecule has 2 atom stereocenters. The van der Waals surface area contributed by atoms with Crippen LogP contribution in [-0.4, -0.2) is 32.7 Å². The monoisotopic (exact) mass is 383 g/mol. The highest BCUT2D eigenvalue weighted by atomic mass is 31.2. The van der Waals surface area contributed by atoms with Gasteiger partial charge in [0.15, 0.2) is 0 Å². The minimum absolute atomic E-state index is 0.0534. The molecular weight excluding hydrogens is 349 g/mol. The van der Waals surface area contributed by atoms with Gasteiger partial charge in [0, 0.05) is 7.11 Å². The van der Waals surface area contributed by atoms with Crippen LogP contribution in [0.1, 0.15) is 57.6 Å². The zero-order valence-corrected chi connectivity index (χ0v) is 17.3. The van der Waals surface area contributed by atoms with Crippen LogP contribution in [0.4, 0.5) is 0 Å². The lowest BCUT2D eigenvalue weighted by Crippen LogP contribution is -2.42. The van der Waals surface area contributed by atoms with E-state index in [1.807, 2.05) is 32.0 Å². The summed E-state index contributed by atoms with van der Waals surface area (Å²) in [5, 5.41) is 3.61. The van der Waals surface area contributed by atoms with E-state index in [1.165, 1.54) is 19.3 Å². The maximum absolute atomic E-state index is 13.6. The topological polar surface area (TPSA) is 56.8 Å². The van der Waals surface area contributed by atoms with Crippen LogP contribution in [0.3, 0.4) is 0 Å². The SMILES string of the molecule is CCOP(=O)(OCC)[C@@H](N[C@@H](COC)c1ccccc1)C1CCCCC1. The second-order valence-corrected chi connectivity index (χ2v) is 8.96. The Labute approximate surface area is 158 Å². The lowest BCUT2D eigenvalue weighted by Gasteiger charge is -2.37. The number of rotatable bonds is 11. The number of nitrogens with one attached hydrogen (secondary N) is 1. The van der Waals surface area contributed by atoms with Crippen LogP contribution in [-0.2, 0) is 18.3 Å². The Morgan fingerprint density at radius 3 is 2.23 bits per heavy atom. The van der Waals surface area contributed by atoms with E-state index >= 15 is 0 Å². The van der Waals surface area contributed by atoms with Crippen LogP contribution in [0.25, 0.3) is 0 Å². The van der Waals surface area contributed by atoms with Gasteiger partial charge in [0.05, 0.1) is 25.9 Å². The Morgan fingerprint density at radius 1 is 1.08 bits per heavy atom. The van der Waals surface area contributed by atoms with Gasteiger partial charge in [-0.05, 0) is 38.2 Å². The molecule has 0 heterocycles. The summed E-state index contributed by atoms with van der Waals surface area (Å²) >= 11 is 0. The number of benzene rings is 1. The predicted octanol–water partition coefficient (Wildman–Crippen LogP) is 5.14. The molecule has 1 aromatic carbocycles. The smallest absolute Gasteiger partial charge is 0.347 e. The zero-order chi connectivity index (χ0) is 18.8. The normalized spacial score (nSPS) is 18.6. The second-order valence-electron chi connectivity index (χ2n) is 6.80. The number of hydrogen-bond acceptors (Lipinski definition) is 5. The Morgan fingerprint density at radius 2 is 1.69 bits per heavy atom. The fourth-order valence-electron chi connectivity index (χ4n) is 3.79. The van der Waals surface area contributed by atoms with Crippen molar-refractivity contribution in [2.75, 3.05) is 26.9 Å². The summed E-state index contributed by atoms with van der Waals surface area (Å²) in [7, 11) is -1.57. The molecule has 0 saturated heterocycles. The van der Waals surface area contributed by atoms with Crippen molar-refractivity contribution in [1.82, 2.24) is 5.32 Å². The first kappa shape index (κ1) is 21.6. The average molecular weight is 383 g/mol. The lowest BCUT2D eigenvalue weighted by atomic mass is 9.88. The molecule has 1 N–H and O–H groups in total. The van der Waals surface area contributed by atoms with Crippen molar-refractivity contribution in [3.05, 3.63) is 35.9 Å². The van der Waals surface area contributed by atoms with Crippen LogP contribution >= 0.6 is 7.60 Å². The molecule has 2 rings (SSSR count). The molecule has 1 aliphatic carbocycles. The zero-order valence-electron chi connectivity index (χ0n) is 16.4. The fourth-order valence-corrected chi connectivity index (χ4v) is 6.08. The van der Waals surface area contributed by atoms with Gasteiger partial charge < -0.3 is 13.8 Å². The van der Waals surface area contributed by atoms with E-state index < -0.39 is 7.60 Å². The van der Waals surface area contributed by atoms with Crippen LogP contribution in [0, 0.1) is 5.92 Å². The van der Waals surface area contributed by atoms with E-state index in [0.717, 1.165) is 18.4 Å². The highest BCUT2D eigenvalue weighted by molar-refractivity contribution is 7.54. The van der Waals surface area contributed by atoms with Gasteiger partial charge in [0.25, 0.3) is 0 Å². The molecular formula is C20H34NO4P. The van der Waals surface area contributed by atoms with Crippen LogP contribution in [0.2, 0.25) is 0 Å². The van der Waals surface area contributed by atoms with Crippen molar-refractivity contribution in [3.8, 4) is 0 Å². The minimum Gasteiger partial charge on any atom is -0.383 e. The predicted molar refractivity (Wildman–Crippen MR) is 105 cm³/mol. The molecule has 0 unspecified atom stereocenters. The Kier molecular flexibility index (Phi) is 9.30. The largest absolute Gasteiger partial charge is 0.383 e. The van der Waals surface area contributed by atoms with Gasteiger partial charge in [-0.3, -0.25) is 9.88 Å². The van der Waals surface area contributed by atoms with Gasteiger partial charge >= 0.3 is 7.60 Å². The number of ether oxygens (including phenoxy) is 1. The quantitative estimate of drug-likeness (QED) is 0.537. The van der Waals surface area contributed by atoms with Crippen LogP contribution in [0.15, 0.2) is 30.3 Å². The summed E-state index contributed by atoms with van der Waals surface area (Å²) in [5.74, 6) is -0.0289. The first-order valence-electron chi connectivity index (χ1n) is 9.83. The molecule has 0 amide bonds. The maximum Gasteiger partial charge on any atom is 0.347 e. The summed E-state index contributed by atoms with van der Waals surface area (Å²) in [6.07, 6.45) is 5.69. The van der Waals surface area contributed by atoms with Gasteiger partial charge in [0.1, 0.15) is 5.78 Å². The van der Waals surface area contributed by atoms with E-state index in [9.17, 15) is 4.57 Å². The molecule has 0 spiro atoms. The van der Waals surface area contributed by atoms with E-state index in [1.54, 1.807) is 7.11 Å². The van der Waals surface area contributed by atoms with Crippen molar-refractivity contribution in [2.24, 2.45) is 5.92 Å². The van der Waals surface area contributed by atoms with Gasteiger partial charge in [-0.15, -0.1) is 0 Å². The summed E-state index contributed by atoms with van der Waals surface area (Å²) < 4.78 is 30.5. The molecule has 1 fully saturated rings. The van der Waals surface area contributed by atoms with Crippen molar-refractivity contribution < 1.29 is 18.3 Å². The molecule has 1 aromatic rings. The van der Waals surface area contributed by atoms with E-state index in [-0.39, 0.29) is 17.7 Å². The Bertz CT molecular complexity index is 538. The average Bonchev–Trinajstić information content (AvgIpc) is 2.67. The third kappa shape index (κ3) is 5.90. The first-order chi connectivity index (χ1) is 12.6. The third-order valence-electron chi connectivity index (χ3n) is 4.96. The highest BCUT2D eigenvalue weighted by Crippen LogP contribution is 2.56. The molecule has 148 valence electrons. The van der Waals surface area contributed by atoms with Crippen LogP contribution in [0.5, 0.6) is 0 Å². The number of methoxy groups -OCH3 is 1. The molecule has 0 radical (unpaired) electrons. The summed E-state index contributed by atoms with van der Waals surface area (Å²) in [6, 6.07) is 10.1. The molecule has 26 heavy (non-hydrogen) atoms. The van der Waals surface area contributed by atoms with Crippen molar-refractivity contribution >= 4 is 7.60 Å². The van der Waals surface area contributed by atoms with Gasteiger partial charge in [-0.25, -0.2) is 0 Å². The summed E-state index contributed by atoms with van der Waals surface area (Å²) in [4.78, 5) is 0. The van der Waals surface area contributed by atoms with Crippen molar-refractivity contribution in [1.29, 1.82) is 0 Å². The van der Waals surface area contributed by atoms with E-state index in [0.29, 0.717) is 19.8 Å². The standard InChI is InChI=1S/C20H34NO4P/c1-4-24-26(22,25-5-2)20(18-14-10-7-11-15-18)21-19(16-23-3)17-12-8-6-9-13-17/h6,8-9,12-13,18-21H,4-5,7,10-11,14-16H2,1-3H3/t19-,20+/m0/s1. The second kappa shape index (κ2) is 11.2. The van der Waals surface area contributed by atoms with E-state index in [4.69, 9.17) is 13.8 Å². The van der Waals surface area contributed by atoms with Crippen molar-refractivity contribution in [3.63, 3.8) is 0 Å². The third-order valence-corrected chi connectivity index (χ3v) is 7.45. The molecule has 1 aliphatic rings. The molecule has 1 saturated carbocycles. The lowest BCUT2D eigenvalue weighted by molar-refractivity contribution is 0.144. The van der Waals surface area contributed by atoms with Gasteiger partial charge in [-0.2, -0.15) is 0 Å². The number of hydrogen-bond donors (Lipinski definition) is 1. The Hall–Kier alpha value is -0.710. The maximum atomic E-state index is 13.6. The first-order valence-corrected chi connectivity index (χ1v) is 11.4. The van der Waals surface area contributed by atoms with Gasteiger partial charge in [-0.1, -0.05) is 49.6 Å². The summed E-state index contributed by atoms with van der Waals surface area (Å²) in [6.45, 7) is 5.00. The minimum atomic E-state index is -3.26.